The van der Waals surface area contributed by atoms with Gasteiger partial charge in [-0.05, 0) is 32.5 Å². The van der Waals surface area contributed by atoms with Crippen molar-refractivity contribution in [1.82, 2.24) is 10.2 Å². The molecular formula is C16H29Cl2N3O. The van der Waals surface area contributed by atoms with Crippen molar-refractivity contribution in [3.63, 3.8) is 0 Å². The molecule has 128 valence electrons. The highest BCUT2D eigenvalue weighted by Gasteiger charge is 2.18. The van der Waals surface area contributed by atoms with Crippen molar-refractivity contribution in [1.29, 1.82) is 0 Å². The van der Waals surface area contributed by atoms with Gasteiger partial charge in [-0.25, -0.2) is 0 Å². The number of carbonyl (C=O) groups is 1. The highest BCUT2D eigenvalue weighted by atomic mass is 35.5. The summed E-state index contributed by atoms with van der Waals surface area (Å²) in [5, 5.41) is 2.99. The van der Waals surface area contributed by atoms with Crippen molar-refractivity contribution in [3.05, 3.63) is 35.4 Å². The van der Waals surface area contributed by atoms with E-state index < -0.39 is 6.04 Å². The topological polar surface area (TPSA) is 58.4 Å². The molecule has 0 spiro atoms. The van der Waals surface area contributed by atoms with Crippen LogP contribution in [-0.4, -0.2) is 36.5 Å². The predicted molar refractivity (Wildman–Crippen MR) is 98.0 cm³/mol. The second-order valence-electron chi connectivity index (χ2n) is 5.28. The van der Waals surface area contributed by atoms with Crippen LogP contribution in [0.2, 0.25) is 0 Å². The summed E-state index contributed by atoms with van der Waals surface area (Å²) in [6, 6.07) is 7.26. The molecule has 0 saturated carbocycles. The number of nitrogens with one attached hydrogen (secondary N) is 1. The van der Waals surface area contributed by atoms with Gasteiger partial charge in [0.25, 0.3) is 0 Å². The third-order valence-electron chi connectivity index (χ3n) is 3.53. The molecule has 0 aliphatic heterocycles. The Hall–Kier alpha value is -0.810. The molecule has 1 amide bonds. The van der Waals surface area contributed by atoms with Gasteiger partial charge >= 0.3 is 0 Å². The van der Waals surface area contributed by atoms with Gasteiger partial charge in [0, 0.05) is 12.6 Å². The largest absolute Gasteiger partial charge is 0.351 e. The van der Waals surface area contributed by atoms with Gasteiger partial charge in [-0.1, -0.05) is 43.7 Å². The van der Waals surface area contributed by atoms with Gasteiger partial charge in [0.15, 0.2) is 0 Å². The minimum Gasteiger partial charge on any atom is -0.351 e. The van der Waals surface area contributed by atoms with Crippen LogP contribution >= 0.6 is 24.8 Å². The van der Waals surface area contributed by atoms with E-state index in [1.807, 2.05) is 38.1 Å². The molecule has 2 unspecified atom stereocenters. The van der Waals surface area contributed by atoms with E-state index in [1.54, 1.807) is 0 Å². The number of hydrogen-bond donors (Lipinski definition) is 2. The molecule has 0 heterocycles. The molecule has 0 aromatic heterocycles. The van der Waals surface area contributed by atoms with E-state index in [4.69, 9.17) is 5.73 Å². The lowest BCUT2D eigenvalue weighted by Crippen LogP contribution is -2.45. The molecule has 1 aromatic carbocycles. The third-order valence-corrected chi connectivity index (χ3v) is 3.53. The van der Waals surface area contributed by atoms with E-state index in [2.05, 4.69) is 24.1 Å². The highest BCUT2D eigenvalue weighted by molar-refractivity contribution is 5.85. The normalized spacial score (nSPS) is 12.8. The first kappa shape index (κ1) is 23.5. The fourth-order valence-electron chi connectivity index (χ4n) is 2.17. The van der Waals surface area contributed by atoms with E-state index in [-0.39, 0.29) is 36.8 Å². The molecule has 6 heteroatoms. The van der Waals surface area contributed by atoms with Gasteiger partial charge in [-0.15, -0.1) is 24.8 Å². The SMILES string of the molecule is CCN(CC)CC(C)NC(=O)C(N)c1ccc(C)cc1.Cl.Cl. The fourth-order valence-corrected chi connectivity index (χ4v) is 2.17. The Morgan fingerprint density at radius 1 is 1.18 bits per heavy atom. The molecule has 0 aliphatic carbocycles. The maximum atomic E-state index is 12.1. The Kier molecular flexibility index (Phi) is 12.5. The van der Waals surface area contributed by atoms with Crippen LogP contribution in [0.25, 0.3) is 0 Å². The summed E-state index contributed by atoms with van der Waals surface area (Å²) in [4.78, 5) is 14.4. The molecule has 0 radical (unpaired) electrons. The number of nitrogens with zero attached hydrogens (tertiary/aromatic N) is 1. The second-order valence-corrected chi connectivity index (χ2v) is 5.28. The van der Waals surface area contributed by atoms with E-state index in [9.17, 15) is 4.79 Å². The lowest BCUT2D eigenvalue weighted by atomic mass is 10.1. The molecule has 1 rings (SSSR count). The Labute approximate surface area is 146 Å². The number of halogens is 2. The molecular weight excluding hydrogens is 321 g/mol. The summed E-state index contributed by atoms with van der Waals surface area (Å²) in [6.07, 6.45) is 0. The van der Waals surface area contributed by atoms with Crippen LogP contribution in [0.5, 0.6) is 0 Å². The minimum atomic E-state index is -0.602. The molecule has 0 fully saturated rings. The van der Waals surface area contributed by atoms with E-state index in [1.165, 1.54) is 0 Å². The number of rotatable bonds is 7. The molecule has 4 nitrogen and oxygen atoms in total. The van der Waals surface area contributed by atoms with Crippen molar-refractivity contribution in [2.45, 2.75) is 39.8 Å². The number of hydrogen-bond acceptors (Lipinski definition) is 3. The number of carbonyl (C=O) groups excluding carboxylic acids is 1. The van der Waals surface area contributed by atoms with Gasteiger partial charge < -0.3 is 16.0 Å². The Bertz CT molecular complexity index is 422. The Morgan fingerprint density at radius 2 is 1.68 bits per heavy atom. The smallest absolute Gasteiger partial charge is 0.241 e. The third kappa shape index (κ3) is 7.45. The molecule has 2 atom stereocenters. The summed E-state index contributed by atoms with van der Waals surface area (Å²) in [7, 11) is 0. The summed E-state index contributed by atoms with van der Waals surface area (Å²) < 4.78 is 0. The number of nitrogens with two attached hydrogens (primary N) is 1. The van der Waals surface area contributed by atoms with Gasteiger partial charge in [0.05, 0.1) is 0 Å². The van der Waals surface area contributed by atoms with Crippen LogP contribution in [0.4, 0.5) is 0 Å². The van der Waals surface area contributed by atoms with E-state index in [0.29, 0.717) is 0 Å². The highest BCUT2D eigenvalue weighted by Crippen LogP contribution is 2.11. The molecule has 22 heavy (non-hydrogen) atoms. The van der Waals surface area contributed by atoms with Crippen molar-refractivity contribution in [2.24, 2.45) is 5.73 Å². The lowest BCUT2D eigenvalue weighted by Gasteiger charge is -2.24. The van der Waals surface area contributed by atoms with Crippen LogP contribution in [0.1, 0.15) is 37.9 Å². The first-order valence-corrected chi connectivity index (χ1v) is 7.32. The lowest BCUT2D eigenvalue weighted by molar-refractivity contribution is -0.123. The number of amides is 1. The molecule has 1 aromatic rings. The molecule has 0 saturated heterocycles. The zero-order valence-electron chi connectivity index (χ0n) is 13.8. The van der Waals surface area contributed by atoms with E-state index >= 15 is 0 Å². The second kappa shape index (κ2) is 11.7. The van der Waals surface area contributed by atoms with Crippen molar-refractivity contribution >= 4 is 30.7 Å². The first-order chi connectivity index (χ1) is 9.47. The van der Waals surface area contributed by atoms with Crippen LogP contribution in [0, 0.1) is 6.92 Å². The molecule has 3 N–H and O–H groups in total. The number of aryl methyl sites for hydroxylation is 1. The van der Waals surface area contributed by atoms with Crippen LogP contribution in [-0.2, 0) is 4.79 Å². The summed E-state index contributed by atoms with van der Waals surface area (Å²) in [5.74, 6) is -0.117. The van der Waals surface area contributed by atoms with Crippen molar-refractivity contribution in [3.8, 4) is 0 Å². The maximum Gasteiger partial charge on any atom is 0.241 e. The molecule has 0 bridgehead atoms. The monoisotopic (exact) mass is 349 g/mol. The summed E-state index contributed by atoms with van der Waals surface area (Å²) in [5.41, 5.74) is 8.02. The van der Waals surface area contributed by atoms with Crippen molar-refractivity contribution in [2.75, 3.05) is 19.6 Å². The standard InChI is InChI=1S/C16H27N3O.2ClH/c1-5-19(6-2)11-13(4)18-16(20)15(17)14-9-7-12(3)8-10-14;;/h7-10,13,15H,5-6,11,17H2,1-4H3,(H,18,20);2*1H. The van der Waals surface area contributed by atoms with Crippen LogP contribution in [0.15, 0.2) is 24.3 Å². The summed E-state index contributed by atoms with van der Waals surface area (Å²) in [6.45, 7) is 11.1. The summed E-state index contributed by atoms with van der Waals surface area (Å²) >= 11 is 0. The average molecular weight is 350 g/mol. The van der Waals surface area contributed by atoms with Gasteiger partial charge in [0.2, 0.25) is 5.91 Å². The van der Waals surface area contributed by atoms with Crippen molar-refractivity contribution < 1.29 is 4.79 Å². The predicted octanol–water partition coefficient (Wildman–Crippen LogP) is 2.68. The van der Waals surface area contributed by atoms with Crippen LogP contribution in [0.3, 0.4) is 0 Å². The number of benzene rings is 1. The molecule has 0 aliphatic rings. The maximum absolute atomic E-state index is 12.1. The Morgan fingerprint density at radius 3 is 2.14 bits per heavy atom. The quantitative estimate of drug-likeness (QED) is 0.795. The number of likely N-dealkylation sites (N-methyl/N-ethyl adjacent to an activating group) is 1. The first-order valence-electron chi connectivity index (χ1n) is 7.32. The minimum absolute atomic E-state index is 0. The van der Waals surface area contributed by atoms with Gasteiger partial charge in [-0.2, -0.15) is 0 Å². The average Bonchev–Trinajstić information content (AvgIpc) is 2.44. The fraction of sp³-hybridized carbons (Fsp3) is 0.562. The van der Waals surface area contributed by atoms with Gasteiger partial charge in [0.1, 0.15) is 6.04 Å². The zero-order valence-corrected chi connectivity index (χ0v) is 15.5. The Balaban J connectivity index is 0. The zero-order chi connectivity index (χ0) is 15.1. The van der Waals surface area contributed by atoms with Crippen LogP contribution < -0.4 is 11.1 Å². The van der Waals surface area contributed by atoms with E-state index in [0.717, 1.165) is 30.8 Å². The van der Waals surface area contributed by atoms with Gasteiger partial charge in [-0.3, -0.25) is 4.79 Å².